The summed E-state index contributed by atoms with van der Waals surface area (Å²) in [6.07, 6.45) is 11.0. The lowest BCUT2D eigenvalue weighted by atomic mass is 10.00. The van der Waals surface area contributed by atoms with Crippen LogP contribution in [0.4, 0.5) is 0 Å². The first kappa shape index (κ1) is 21.0. The van der Waals surface area contributed by atoms with Gasteiger partial charge < -0.3 is 10.2 Å². The van der Waals surface area contributed by atoms with Gasteiger partial charge >= 0.3 is 11.9 Å². The first-order valence-corrected chi connectivity index (χ1v) is 7.61. The summed E-state index contributed by atoms with van der Waals surface area (Å²) in [6.45, 7) is 6.13. The van der Waals surface area contributed by atoms with Gasteiger partial charge in [-0.25, -0.2) is 4.79 Å². The highest BCUT2D eigenvalue weighted by Crippen LogP contribution is 2.11. The van der Waals surface area contributed by atoms with Crippen molar-refractivity contribution in [3.05, 3.63) is 12.2 Å². The van der Waals surface area contributed by atoms with Crippen molar-refractivity contribution in [1.82, 2.24) is 0 Å². The largest absolute Gasteiger partial charge is 0.481 e. The predicted octanol–water partition coefficient (Wildman–Crippen LogP) is 4.49. The molecule has 0 spiro atoms. The maximum absolute atomic E-state index is 10.4. The van der Waals surface area contributed by atoms with E-state index in [1.807, 2.05) is 6.92 Å². The van der Waals surface area contributed by atoms with Gasteiger partial charge in [0.1, 0.15) is 0 Å². The third-order valence-electron chi connectivity index (χ3n) is 2.98. The molecular formula is C16H30O4. The number of aliphatic carboxylic acids is 2. The third kappa shape index (κ3) is 16.7. The molecule has 0 heterocycles. The molecule has 0 saturated carbocycles. The number of unbranched alkanes of at least 4 members (excludes halogenated alkanes) is 4. The molecule has 0 amide bonds. The van der Waals surface area contributed by atoms with Crippen molar-refractivity contribution in [2.75, 3.05) is 0 Å². The van der Waals surface area contributed by atoms with E-state index in [-0.39, 0.29) is 5.92 Å². The minimum absolute atomic E-state index is 0.111. The lowest BCUT2D eigenvalue weighted by Gasteiger charge is -2.06. The standard InChI is InChI=1S/C8H16O2.C8H14O2/c1-3-5-6-7(4-2)8(9)10;1-2-3-4-5-6-7-8(9)10/h7H,3-6H2,1-2H3,(H,9,10);6-7H,2-5H2,1H3,(H,9,10). The van der Waals surface area contributed by atoms with Crippen LogP contribution in [0.25, 0.3) is 0 Å². The van der Waals surface area contributed by atoms with Crippen molar-refractivity contribution >= 4 is 11.9 Å². The van der Waals surface area contributed by atoms with Gasteiger partial charge in [-0.15, -0.1) is 0 Å². The Hall–Kier alpha value is -1.32. The Kier molecular flexibility index (Phi) is 16.5. The van der Waals surface area contributed by atoms with Gasteiger partial charge in [0.15, 0.2) is 0 Å². The first-order chi connectivity index (χ1) is 9.49. The van der Waals surface area contributed by atoms with E-state index in [4.69, 9.17) is 10.2 Å². The smallest absolute Gasteiger partial charge is 0.327 e. The van der Waals surface area contributed by atoms with E-state index in [2.05, 4.69) is 13.8 Å². The maximum Gasteiger partial charge on any atom is 0.327 e. The van der Waals surface area contributed by atoms with E-state index in [9.17, 15) is 9.59 Å². The highest BCUT2D eigenvalue weighted by Gasteiger charge is 2.12. The summed E-state index contributed by atoms with van der Waals surface area (Å²) in [5, 5.41) is 16.8. The van der Waals surface area contributed by atoms with E-state index in [0.29, 0.717) is 0 Å². The van der Waals surface area contributed by atoms with Crippen LogP contribution in [-0.4, -0.2) is 22.2 Å². The van der Waals surface area contributed by atoms with Gasteiger partial charge in [-0.2, -0.15) is 0 Å². The maximum atomic E-state index is 10.4. The highest BCUT2D eigenvalue weighted by atomic mass is 16.4. The summed E-state index contributed by atoms with van der Waals surface area (Å²) in [4.78, 5) is 20.4. The number of carbonyl (C=O) groups is 2. The molecule has 4 heteroatoms. The van der Waals surface area contributed by atoms with E-state index < -0.39 is 11.9 Å². The molecule has 0 aromatic carbocycles. The molecule has 118 valence electrons. The highest BCUT2D eigenvalue weighted by molar-refractivity contribution is 5.79. The van der Waals surface area contributed by atoms with Gasteiger partial charge in [0.25, 0.3) is 0 Å². The fraction of sp³-hybridized carbons (Fsp3) is 0.750. The van der Waals surface area contributed by atoms with Crippen molar-refractivity contribution in [2.24, 2.45) is 5.92 Å². The predicted molar refractivity (Wildman–Crippen MR) is 81.9 cm³/mol. The Labute approximate surface area is 122 Å². The van der Waals surface area contributed by atoms with Crippen molar-refractivity contribution < 1.29 is 19.8 Å². The van der Waals surface area contributed by atoms with Crippen LogP contribution in [0.1, 0.15) is 72.1 Å². The van der Waals surface area contributed by atoms with Crippen LogP contribution in [0.3, 0.4) is 0 Å². The van der Waals surface area contributed by atoms with Crippen LogP contribution >= 0.6 is 0 Å². The van der Waals surface area contributed by atoms with E-state index >= 15 is 0 Å². The molecule has 2 N–H and O–H groups in total. The van der Waals surface area contributed by atoms with Crippen LogP contribution in [0.2, 0.25) is 0 Å². The van der Waals surface area contributed by atoms with Gasteiger partial charge in [0.05, 0.1) is 5.92 Å². The molecule has 1 unspecified atom stereocenters. The number of hydrogen-bond acceptors (Lipinski definition) is 2. The summed E-state index contributed by atoms with van der Waals surface area (Å²) in [5.41, 5.74) is 0. The molecule has 0 radical (unpaired) electrons. The monoisotopic (exact) mass is 286 g/mol. The SMILES string of the molecule is CCCCC(CC)C(=O)O.CCCCCC=CC(=O)O. The van der Waals surface area contributed by atoms with Crippen LogP contribution in [0.5, 0.6) is 0 Å². The third-order valence-corrected chi connectivity index (χ3v) is 2.98. The molecule has 0 aromatic rings. The number of carboxylic acids is 2. The van der Waals surface area contributed by atoms with Crippen molar-refractivity contribution in [1.29, 1.82) is 0 Å². The van der Waals surface area contributed by atoms with Crippen LogP contribution < -0.4 is 0 Å². The van der Waals surface area contributed by atoms with E-state index in [1.54, 1.807) is 6.08 Å². The molecule has 0 fully saturated rings. The van der Waals surface area contributed by atoms with E-state index in [1.165, 1.54) is 18.9 Å². The molecule has 20 heavy (non-hydrogen) atoms. The van der Waals surface area contributed by atoms with E-state index in [0.717, 1.165) is 38.5 Å². The van der Waals surface area contributed by atoms with Gasteiger partial charge in [-0.05, 0) is 25.7 Å². The quantitative estimate of drug-likeness (QED) is 0.458. The fourth-order valence-electron chi connectivity index (χ4n) is 1.65. The average Bonchev–Trinajstić information content (AvgIpc) is 2.39. The van der Waals surface area contributed by atoms with Crippen LogP contribution in [0.15, 0.2) is 12.2 Å². The molecule has 0 bridgehead atoms. The van der Waals surface area contributed by atoms with Crippen molar-refractivity contribution in [2.45, 2.75) is 72.1 Å². The molecule has 0 aromatic heterocycles. The molecule has 0 aliphatic rings. The average molecular weight is 286 g/mol. The minimum Gasteiger partial charge on any atom is -0.481 e. The Morgan fingerprint density at radius 2 is 1.60 bits per heavy atom. The molecule has 0 aliphatic heterocycles. The van der Waals surface area contributed by atoms with Gasteiger partial charge in [0, 0.05) is 6.08 Å². The first-order valence-electron chi connectivity index (χ1n) is 7.61. The fourth-order valence-corrected chi connectivity index (χ4v) is 1.65. The Morgan fingerprint density at radius 1 is 1.00 bits per heavy atom. The number of carboxylic acid groups (broad SMARTS) is 2. The van der Waals surface area contributed by atoms with Crippen molar-refractivity contribution in [3.63, 3.8) is 0 Å². The summed E-state index contributed by atoms with van der Waals surface area (Å²) in [5.74, 6) is -1.60. The molecule has 0 aliphatic carbocycles. The second-order valence-corrected chi connectivity index (χ2v) is 4.82. The summed E-state index contributed by atoms with van der Waals surface area (Å²) >= 11 is 0. The summed E-state index contributed by atoms with van der Waals surface area (Å²) in [7, 11) is 0. The summed E-state index contributed by atoms with van der Waals surface area (Å²) < 4.78 is 0. The minimum atomic E-state index is -0.850. The lowest BCUT2D eigenvalue weighted by Crippen LogP contribution is -2.11. The molecule has 0 saturated heterocycles. The molecule has 0 rings (SSSR count). The van der Waals surface area contributed by atoms with Crippen LogP contribution in [0, 0.1) is 5.92 Å². The zero-order chi connectivity index (χ0) is 15.8. The molecule has 1 atom stereocenters. The topological polar surface area (TPSA) is 74.6 Å². The van der Waals surface area contributed by atoms with Crippen molar-refractivity contribution in [3.8, 4) is 0 Å². The van der Waals surface area contributed by atoms with Gasteiger partial charge in [0.2, 0.25) is 0 Å². The second kappa shape index (κ2) is 15.7. The van der Waals surface area contributed by atoms with Gasteiger partial charge in [-0.1, -0.05) is 52.5 Å². The van der Waals surface area contributed by atoms with Gasteiger partial charge in [-0.3, -0.25) is 4.79 Å². The summed E-state index contributed by atoms with van der Waals surface area (Å²) in [6, 6.07) is 0. The normalized spacial score (nSPS) is 11.8. The lowest BCUT2D eigenvalue weighted by molar-refractivity contribution is -0.142. The zero-order valence-electron chi connectivity index (χ0n) is 13.1. The zero-order valence-corrected chi connectivity index (χ0v) is 13.1. The Bertz CT molecular complexity index is 272. The number of allylic oxidation sites excluding steroid dienone is 1. The number of rotatable bonds is 10. The Balaban J connectivity index is 0. The number of hydrogen-bond donors (Lipinski definition) is 2. The Morgan fingerprint density at radius 3 is 2.00 bits per heavy atom. The van der Waals surface area contributed by atoms with Crippen LogP contribution in [-0.2, 0) is 9.59 Å². The molecule has 4 nitrogen and oxygen atoms in total. The molecular weight excluding hydrogens is 256 g/mol. The second-order valence-electron chi connectivity index (χ2n) is 4.82.